The molecule has 88 valence electrons. The van der Waals surface area contributed by atoms with Crippen LogP contribution in [0.25, 0.3) is 10.8 Å². The van der Waals surface area contributed by atoms with Crippen molar-refractivity contribution in [1.29, 1.82) is 0 Å². The molecule has 0 aliphatic carbocycles. The molecular formula is C12H11NO4. The van der Waals surface area contributed by atoms with Gasteiger partial charge in [0.05, 0.1) is 14.2 Å². The van der Waals surface area contributed by atoms with E-state index in [1.165, 1.54) is 19.4 Å². The third kappa shape index (κ3) is 1.87. The van der Waals surface area contributed by atoms with Crippen LogP contribution in [0, 0.1) is 0 Å². The minimum absolute atomic E-state index is 0.0240. The number of carboxylic acid groups (broad SMARTS) is 1. The van der Waals surface area contributed by atoms with Crippen molar-refractivity contribution >= 4 is 16.7 Å². The quantitative estimate of drug-likeness (QED) is 0.877. The number of pyridine rings is 1. The van der Waals surface area contributed by atoms with Gasteiger partial charge in [-0.25, -0.2) is 9.78 Å². The number of aromatic carboxylic acids is 1. The van der Waals surface area contributed by atoms with Crippen molar-refractivity contribution in [2.75, 3.05) is 14.2 Å². The molecule has 0 bridgehead atoms. The minimum Gasteiger partial charge on any atom is -0.496 e. The van der Waals surface area contributed by atoms with Gasteiger partial charge >= 0.3 is 5.97 Å². The minimum atomic E-state index is -1.07. The first-order valence-corrected chi connectivity index (χ1v) is 4.91. The van der Waals surface area contributed by atoms with E-state index in [0.717, 1.165) is 5.39 Å². The molecule has 5 nitrogen and oxygen atoms in total. The Morgan fingerprint density at radius 1 is 1.18 bits per heavy atom. The molecule has 2 rings (SSSR count). The van der Waals surface area contributed by atoms with Gasteiger partial charge in [0, 0.05) is 17.0 Å². The number of methoxy groups -OCH3 is 2. The van der Waals surface area contributed by atoms with Gasteiger partial charge in [0.1, 0.15) is 17.2 Å². The van der Waals surface area contributed by atoms with E-state index in [1.54, 1.807) is 19.2 Å². The van der Waals surface area contributed by atoms with E-state index in [-0.39, 0.29) is 5.69 Å². The average Bonchev–Trinajstić information content (AvgIpc) is 2.36. The van der Waals surface area contributed by atoms with E-state index < -0.39 is 5.97 Å². The molecule has 0 amide bonds. The molecule has 17 heavy (non-hydrogen) atoms. The van der Waals surface area contributed by atoms with Crippen LogP contribution in [-0.4, -0.2) is 30.3 Å². The van der Waals surface area contributed by atoms with Gasteiger partial charge in [0.15, 0.2) is 0 Å². The van der Waals surface area contributed by atoms with Crippen molar-refractivity contribution in [2.45, 2.75) is 0 Å². The zero-order valence-electron chi connectivity index (χ0n) is 9.43. The molecule has 1 aromatic heterocycles. The molecule has 0 fully saturated rings. The average molecular weight is 233 g/mol. The Kier molecular flexibility index (Phi) is 2.82. The second kappa shape index (κ2) is 4.29. The topological polar surface area (TPSA) is 68.7 Å². The Morgan fingerprint density at radius 3 is 2.29 bits per heavy atom. The van der Waals surface area contributed by atoms with Gasteiger partial charge in [-0.05, 0) is 18.2 Å². The molecule has 0 aliphatic rings. The smallest absolute Gasteiger partial charge is 0.354 e. The SMILES string of the molecule is COc1ccc(OC)c2cc(C(=O)O)ncc12. The summed E-state index contributed by atoms with van der Waals surface area (Å²) in [6.45, 7) is 0. The summed E-state index contributed by atoms with van der Waals surface area (Å²) in [4.78, 5) is 14.7. The summed E-state index contributed by atoms with van der Waals surface area (Å²) < 4.78 is 10.4. The number of hydrogen-bond acceptors (Lipinski definition) is 4. The molecular weight excluding hydrogens is 222 g/mol. The lowest BCUT2D eigenvalue weighted by atomic mass is 10.1. The molecule has 0 unspecified atom stereocenters. The molecule has 0 radical (unpaired) electrons. The second-order valence-corrected chi connectivity index (χ2v) is 3.39. The predicted molar refractivity (Wildman–Crippen MR) is 61.8 cm³/mol. The molecule has 2 aromatic rings. The number of hydrogen-bond donors (Lipinski definition) is 1. The Labute approximate surface area is 97.6 Å². The van der Waals surface area contributed by atoms with Crippen LogP contribution in [0.4, 0.5) is 0 Å². The highest BCUT2D eigenvalue weighted by Crippen LogP contribution is 2.32. The van der Waals surface area contributed by atoms with Crippen molar-refractivity contribution in [2.24, 2.45) is 0 Å². The standard InChI is InChI=1S/C12H11NO4/c1-16-10-3-4-11(17-2)8-6-13-9(12(14)15)5-7(8)10/h3-6H,1-2H3,(H,14,15). The highest BCUT2D eigenvalue weighted by molar-refractivity contribution is 5.97. The lowest BCUT2D eigenvalue weighted by molar-refractivity contribution is 0.0690. The van der Waals surface area contributed by atoms with Crippen molar-refractivity contribution in [1.82, 2.24) is 4.98 Å². The molecule has 1 N–H and O–H groups in total. The van der Waals surface area contributed by atoms with E-state index in [4.69, 9.17) is 14.6 Å². The van der Waals surface area contributed by atoms with Crippen molar-refractivity contribution in [3.05, 3.63) is 30.1 Å². The summed E-state index contributed by atoms with van der Waals surface area (Å²) in [6.07, 6.45) is 1.47. The Balaban J connectivity index is 2.77. The van der Waals surface area contributed by atoms with E-state index >= 15 is 0 Å². The van der Waals surface area contributed by atoms with Crippen LogP contribution in [0.5, 0.6) is 11.5 Å². The lowest BCUT2D eigenvalue weighted by Crippen LogP contribution is -2.00. The van der Waals surface area contributed by atoms with Gasteiger partial charge in [-0.15, -0.1) is 0 Å². The molecule has 5 heteroatoms. The largest absolute Gasteiger partial charge is 0.496 e. The summed E-state index contributed by atoms with van der Waals surface area (Å²) in [6, 6.07) is 4.95. The van der Waals surface area contributed by atoms with Crippen molar-refractivity contribution < 1.29 is 19.4 Å². The fourth-order valence-electron chi connectivity index (χ4n) is 1.66. The molecule has 0 atom stereocenters. The first kappa shape index (κ1) is 11.2. The Hall–Kier alpha value is -2.30. The zero-order chi connectivity index (χ0) is 12.4. The lowest BCUT2D eigenvalue weighted by Gasteiger charge is -2.09. The van der Waals surface area contributed by atoms with E-state index in [0.29, 0.717) is 16.9 Å². The summed E-state index contributed by atoms with van der Waals surface area (Å²) >= 11 is 0. The zero-order valence-corrected chi connectivity index (χ0v) is 9.43. The van der Waals surface area contributed by atoms with Gasteiger partial charge in [-0.1, -0.05) is 0 Å². The number of ether oxygens (including phenoxy) is 2. The van der Waals surface area contributed by atoms with Crippen LogP contribution < -0.4 is 9.47 Å². The summed E-state index contributed by atoms with van der Waals surface area (Å²) in [5.74, 6) is 0.146. The third-order valence-corrected chi connectivity index (χ3v) is 2.48. The molecule has 0 spiro atoms. The third-order valence-electron chi connectivity index (χ3n) is 2.48. The maximum Gasteiger partial charge on any atom is 0.354 e. The van der Waals surface area contributed by atoms with E-state index in [1.807, 2.05) is 0 Å². The first-order valence-electron chi connectivity index (χ1n) is 4.91. The number of fused-ring (bicyclic) bond motifs is 1. The van der Waals surface area contributed by atoms with Crippen LogP contribution >= 0.6 is 0 Å². The fraction of sp³-hybridized carbons (Fsp3) is 0.167. The Bertz CT molecular complexity index is 580. The normalized spacial score (nSPS) is 10.2. The number of rotatable bonds is 3. The predicted octanol–water partition coefficient (Wildman–Crippen LogP) is 1.95. The molecule has 0 saturated carbocycles. The monoisotopic (exact) mass is 233 g/mol. The van der Waals surface area contributed by atoms with E-state index in [9.17, 15) is 4.79 Å². The number of carboxylic acids is 1. The highest BCUT2D eigenvalue weighted by atomic mass is 16.5. The summed E-state index contributed by atoms with van der Waals surface area (Å²) in [5.41, 5.74) is -0.0240. The first-order chi connectivity index (χ1) is 8.17. The molecule has 0 aliphatic heterocycles. The van der Waals surface area contributed by atoms with Gasteiger partial charge in [0.2, 0.25) is 0 Å². The Morgan fingerprint density at radius 2 is 1.76 bits per heavy atom. The number of aromatic nitrogens is 1. The van der Waals surface area contributed by atoms with Crippen LogP contribution in [0.3, 0.4) is 0 Å². The second-order valence-electron chi connectivity index (χ2n) is 3.39. The van der Waals surface area contributed by atoms with Gasteiger partial charge in [-0.3, -0.25) is 0 Å². The van der Waals surface area contributed by atoms with Crippen molar-refractivity contribution in [3.8, 4) is 11.5 Å². The molecule has 1 aromatic carbocycles. The molecule has 1 heterocycles. The van der Waals surface area contributed by atoms with Crippen LogP contribution in [-0.2, 0) is 0 Å². The number of benzene rings is 1. The fourth-order valence-corrected chi connectivity index (χ4v) is 1.66. The maximum atomic E-state index is 10.9. The highest BCUT2D eigenvalue weighted by Gasteiger charge is 2.11. The van der Waals surface area contributed by atoms with Crippen LogP contribution in [0.15, 0.2) is 24.4 Å². The number of carbonyl (C=O) groups is 1. The molecule has 0 saturated heterocycles. The van der Waals surface area contributed by atoms with Crippen LogP contribution in [0.1, 0.15) is 10.5 Å². The van der Waals surface area contributed by atoms with E-state index in [2.05, 4.69) is 4.98 Å². The van der Waals surface area contributed by atoms with Gasteiger partial charge < -0.3 is 14.6 Å². The number of nitrogens with zero attached hydrogens (tertiary/aromatic N) is 1. The van der Waals surface area contributed by atoms with Crippen LogP contribution in [0.2, 0.25) is 0 Å². The van der Waals surface area contributed by atoms with Crippen molar-refractivity contribution in [3.63, 3.8) is 0 Å². The van der Waals surface area contributed by atoms with Gasteiger partial charge in [-0.2, -0.15) is 0 Å². The summed E-state index contributed by atoms with van der Waals surface area (Å²) in [7, 11) is 3.08. The van der Waals surface area contributed by atoms with Gasteiger partial charge in [0.25, 0.3) is 0 Å². The summed E-state index contributed by atoms with van der Waals surface area (Å²) in [5, 5.41) is 10.3. The maximum absolute atomic E-state index is 10.9.